The zero-order valence-electron chi connectivity index (χ0n) is 9.01. The Morgan fingerprint density at radius 3 is 0.917 bits per heavy atom. The smallest absolute Gasteiger partial charge is 0.0402 e. The van der Waals surface area contributed by atoms with Crippen LogP contribution < -0.4 is 0 Å². The summed E-state index contributed by atoms with van der Waals surface area (Å²) in [4.78, 5) is 0. The summed E-state index contributed by atoms with van der Waals surface area (Å²) < 4.78 is 0. The van der Waals surface area contributed by atoms with Crippen LogP contribution in [0.1, 0.15) is 27.7 Å². The number of hydrogen-bond donors (Lipinski definition) is 1. The number of allylic oxidation sites excluding steroid dienone is 3. The summed E-state index contributed by atoms with van der Waals surface area (Å²) in [5, 5.41) is 7.57. The lowest BCUT2D eigenvalue weighted by molar-refractivity contribution is 0.318. The van der Waals surface area contributed by atoms with Crippen molar-refractivity contribution in [2.24, 2.45) is 0 Å². The predicted octanol–water partition coefficient (Wildman–Crippen LogP) is 3.58. The fourth-order valence-corrected chi connectivity index (χ4v) is 0. The minimum absolute atomic E-state index is 0.250. The average Bonchev–Trinajstić information content (AvgIpc) is 1.92. The minimum atomic E-state index is 0.250. The summed E-state index contributed by atoms with van der Waals surface area (Å²) >= 11 is 0. The molecule has 0 aromatic heterocycles. The van der Waals surface area contributed by atoms with Crippen molar-refractivity contribution in [3.8, 4) is 0 Å². The molecule has 0 saturated heterocycles. The number of aliphatic hydroxyl groups excluding tert-OH is 1. The van der Waals surface area contributed by atoms with Gasteiger partial charge in [0.2, 0.25) is 0 Å². The molecule has 0 radical (unpaired) electrons. The molecule has 0 saturated carbocycles. The first-order chi connectivity index (χ1) is 5.66. The molecule has 0 fully saturated rings. The van der Waals surface area contributed by atoms with E-state index in [-0.39, 0.29) is 6.61 Å². The molecule has 0 aliphatic heterocycles. The molecule has 74 valence electrons. The zero-order valence-corrected chi connectivity index (χ0v) is 9.01. The Morgan fingerprint density at radius 1 is 0.917 bits per heavy atom. The third kappa shape index (κ3) is 914. The monoisotopic (exact) mass is 172 g/mol. The molecule has 1 N–H and O–H groups in total. The van der Waals surface area contributed by atoms with Crippen molar-refractivity contribution in [3.05, 3.63) is 38.0 Å². The maximum absolute atomic E-state index is 7.57. The van der Waals surface area contributed by atoms with Crippen LogP contribution in [0.4, 0.5) is 0 Å². The number of rotatable bonds is 0. The Morgan fingerprint density at radius 2 is 0.917 bits per heavy atom. The lowest BCUT2D eigenvalue weighted by Gasteiger charge is -1.52. The van der Waals surface area contributed by atoms with Crippen molar-refractivity contribution in [3.63, 3.8) is 0 Å². The molecule has 0 aromatic carbocycles. The van der Waals surface area contributed by atoms with Gasteiger partial charge in [0.05, 0.1) is 0 Å². The summed E-state index contributed by atoms with van der Waals surface area (Å²) in [5.74, 6) is 0. The van der Waals surface area contributed by atoms with Crippen LogP contribution in [0.15, 0.2) is 38.0 Å². The fourth-order valence-electron chi connectivity index (χ4n) is 0. The molecule has 1 heteroatoms. The Kier molecular flexibility index (Phi) is 159. The standard InChI is InChI=1S/3C3H6.C2H6O/c3*1-3-2;1-2-3/h3*3H,1H2,2H3;3H,2H2,1H3. The molecule has 0 amide bonds. The van der Waals surface area contributed by atoms with Crippen molar-refractivity contribution < 1.29 is 5.11 Å². The van der Waals surface area contributed by atoms with Gasteiger partial charge in [-0.2, -0.15) is 0 Å². The molecular weight excluding hydrogens is 148 g/mol. The lowest BCUT2D eigenvalue weighted by atomic mass is 10.8. The van der Waals surface area contributed by atoms with Gasteiger partial charge < -0.3 is 5.11 Å². The van der Waals surface area contributed by atoms with Crippen molar-refractivity contribution in [1.29, 1.82) is 0 Å². The van der Waals surface area contributed by atoms with Crippen molar-refractivity contribution in [1.82, 2.24) is 0 Å². The Hall–Kier alpha value is -0.820. The molecular formula is C11H24O. The van der Waals surface area contributed by atoms with Crippen molar-refractivity contribution in [2.45, 2.75) is 27.7 Å². The summed E-state index contributed by atoms with van der Waals surface area (Å²) in [6.45, 7) is 17.7. The highest BCUT2D eigenvalue weighted by molar-refractivity contribution is 4.52. The number of hydrogen-bond acceptors (Lipinski definition) is 1. The van der Waals surface area contributed by atoms with Crippen LogP contribution in [-0.4, -0.2) is 11.7 Å². The van der Waals surface area contributed by atoms with Gasteiger partial charge in [0, 0.05) is 6.61 Å². The van der Waals surface area contributed by atoms with E-state index in [0.29, 0.717) is 0 Å². The topological polar surface area (TPSA) is 20.2 Å². The first-order valence-corrected chi connectivity index (χ1v) is 3.98. The third-order valence-electron chi connectivity index (χ3n) is 0. The second kappa shape index (κ2) is 84.8. The summed E-state index contributed by atoms with van der Waals surface area (Å²) in [6, 6.07) is 0. The van der Waals surface area contributed by atoms with Crippen molar-refractivity contribution in [2.75, 3.05) is 6.61 Å². The second-order valence-corrected chi connectivity index (χ2v) is 1.54. The molecule has 0 aromatic rings. The molecule has 0 unspecified atom stereocenters. The van der Waals surface area contributed by atoms with E-state index in [9.17, 15) is 0 Å². The normalized spacial score (nSPS) is 4.75. The minimum Gasteiger partial charge on any atom is -0.397 e. The first kappa shape index (κ1) is 22.5. The molecule has 0 bridgehead atoms. The maximum Gasteiger partial charge on any atom is 0.0402 e. The van der Waals surface area contributed by atoms with Crippen LogP contribution in [0.3, 0.4) is 0 Å². The number of aliphatic hydroxyl groups is 1. The van der Waals surface area contributed by atoms with E-state index < -0.39 is 0 Å². The quantitative estimate of drug-likeness (QED) is 0.554. The highest BCUT2D eigenvalue weighted by atomic mass is 16.2. The van der Waals surface area contributed by atoms with E-state index in [0.717, 1.165) is 0 Å². The predicted molar refractivity (Wildman–Crippen MR) is 60.4 cm³/mol. The highest BCUT2D eigenvalue weighted by Gasteiger charge is 1.34. The molecule has 0 heterocycles. The van der Waals surface area contributed by atoms with Gasteiger partial charge in [-0.15, -0.1) is 19.7 Å². The third-order valence-corrected chi connectivity index (χ3v) is 0. The fraction of sp³-hybridized carbons (Fsp3) is 0.455. The molecule has 1 nitrogen and oxygen atoms in total. The Bertz CT molecular complexity index is 51.1. The zero-order chi connectivity index (χ0) is 10.8. The molecule has 0 aliphatic rings. The molecule has 0 aliphatic carbocycles. The van der Waals surface area contributed by atoms with Crippen LogP contribution >= 0.6 is 0 Å². The van der Waals surface area contributed by atoms with Gasteiger partial charge in [-0.3, -0.25) is 0 Å². The van der Waals surface area contributed by atoms with Gasteiger partial charge in [-0.1, -0.05) is 18.2 Å². The van der Waals surface area contributed by atoms with E-state index in [2.05, 4.69) is 19.7 Å². The average molecular weight is 172 g/mol. The van der Waals surface area contributed by atoms with Gasteiger partial charge in [-0.05, 0) is 27.7 Å². The molecule has 0 atom stereocenters. The summed E-state index contributed by atoms with van der Waals surface area (Å²) in [5.41, 5.74) is 0. The second-order valence-electron chi connectivity index (χ2n) is 1.54. The van der Waals surface area contributed by atoms with E-state index in [1.165, 1.54) is 0 Å². The summed E-state index contributed by atoms with van der Waals surface area (Å²) in [7, 11) is 0. The molecule has 0 spiro atoms. The van der Waals surface area contributed by atoms with Gasteiger partial charge in [0.25, 0.3) is 0 Å². The SMILES string of the molecule is C=CC.C=CC.C=CC.CCO. The van der Waals surface area contributed by atoms with Crippen LogP contribution in [0.25, 0.3) is 0 Å². The maximum atomic E-state index is 7.57. The van der Waals surface area contributed by atoms with Crippen LogP contribution in [-0.2, 0) is 0 Å². The molecule has 0 rings (SSSR count). The Balaban J connectivity index is -0.0000000356. The van der Waals surface area contributed by atoms with Gasteiger partial charge >= 0.3 is 0 Å². The first-order valence-electron chi connectivity index (χ1n) is 3.98. The van der Waals surface area contributed by atoms with Gasteiger partial charge in [0.15, 0.2) is 0 Å². The van der Waals surface area contributed by atoms with Gasteiger partial charge in [0.1, 0.15) is 0 Å². The Labute approximate surface area is 78.1 Å². The van der Waals surface area contributed by atoms with Crippen LogP contribution in [0, 0.1) is 0 Å². The summed E-state index contributed by atoms with van der Waals surface area (Å²) in [6.07, 6.45) is 5.25. The van der Waals surface area contributed by atoms with E-state index in [1.807, 2.05) is 20.8 Å². The lowest BCUT2D eigenvalue weighted by Crippen LogP contribution is -1.57. The van der Waals surface area contributed by atoms with Crippen molar-refractivity contribution >= 4 is 0 Å². The van der Waals surface area contributed by atoms with E-state index >= 15 is 0 Å². The van der Waals surface area contributed by atoms with E-state index in [4.69, 9.17) is 5.11 Å². The molecule has 12 heavy (non-hydrogen) atoms. The van der Waals surface area contributed by atoms with Gasteiger partial charge in [-0.25, -0.2) is 0 Å². The largest absolute Gasteiger partial charge is 0.397 e. The van der Waals surface area contributed by atoms with Crippen LogP contribution in [0.2, 0.25) is 0 Å². The highest BCUT2D eigenvalue weighted by Crippen LogP contribution is 1.38. The van der Waals surface area contributed by atoms with E-state index in [1.54, 1.807) is 25.2 Å². The van der Waals surface area contributed by atoms with Crippen LogP contribution in [0.5, 0.6) is 0 Å².